The molecule has 4 rings (SSSR count). The van der Waals surface area contributed by atoms with Gasteiger partial charge in [-0.2, -0.15) is 0 Å². The molecule has 2 fully saturated rings. The molecule has 26 heavy (non-hydrogen) atoms. The summed E-state index contributed by atoms with van der Waals surface area (Å²) in [5.74, 6) is -0.982. The molecule has 2 aliphatic heterocycles. The van der Waals surface area contributed by atoms with Crippen LogP contribution in [0.4, 0.5) is 11.4 Å². The molecule has 0 spiro atoms. The van der Waals surface area contributed by atoms with Crippen LogP contribution in [0.25, 0.3) is 0 Å². The van der Waals surface area contributed by atoms with Crippen molar-refractivity contribution in [2.75, 3.05) is 9.96 Å². The highest BCUT2D eigenvalue weighted by Gasteiger charge is 2.59. The van der Waals surface area contributed by atoms with Gasteiger partial charge in [0.2, 0.25) is 5.91 Å². The van der Waals surface area contributed by atoms with Crippen molar-refractivity contribution in [3.63, 3.8) is 0 Å². The first kappa shape index (κ1) is 17.2. The Morgan fingerprint density at radius 2 is 1.69 bits per heavy atom. The Hall–Kier alpha value is -2.18. The van der Waals surface area contributed by atoms with Crippen LogP contribution in [0.5, 0.6) is 0 Å². The number of hydrogen-bond donors (Lipinski definition) is 0. The summed E-state index contributed by atoms with van der Waals surface area (Å²) >= 11 is 3.44. The largest absolute Gasteiger partial charge is 0.273 e. The molecule has 0 N–H and O–H groups in total. The quantitative estimate of drug-likeness (QED) is 0.711. The fraction of sp³-hybridized carbons (Fsp3) is 0.300. The van der Waals surface area contributed by atoms with Gasteiger partial charge in [0.25, 0.3) is 5.91 Å². The predicted octanol–water partition coefficient (Wildman–Crippen LogP) is 3.93. The number of carbonyl (C=O) groups excluding carboxylic acids is 2. The molecule has 6 heteroatoms. The molecule has 0 unspecified atom stereocenters. The zero-order chi connectivity index (χ0) is 18.3. The van der Waals surface area contributed by atoms with E-state index in [0.717, 1.165) is 18.5 Å². The average molecular weight is 415 g/mol. The molecular weight excluding hydrogens is 396 g/mol. The number of nitrogens with zero attached hydrogens (tertiary/aromatic N) is 2. The zero-order valence-electron chi connectivity index (χ0n) is 14.3. The molecule has 134 valence electrons. The molecule has 2 saturated heterocycles. The van der Waals surface area contributed by atoms with Crippen molar-refractivity contribution >= 4 is 39.1 Å². The number of imide groups is 1. The fourth-order valence-electron chi connectivity index (χ4n) is 3.78. The Bertz CT molecular complexity index is 842. The molecule has 5 nitrogen and oxygen atoms in total. The van der Waals surface area contributed by atoms with Gasteiger partial charge in [-0.15, -0.1) is 0 Å². The first-order valence-electron chi connectivity index (χ1n) is 8.77. The first-order chi connectivity index (χ1) is 12.6. The predicted molar refractivity (Wildman–Crippen MR) is 103 cm³/mol. The molecular formula is C20H19BrN2O3. The van der Waals surface area contributed by atoms with Gasteiger partial charge in [-0.05, 0) is 46.6 Å². The number of para-hydroxylation sites is 2. The number of anilines is 2. The van der Waals surface area contributed by atoms with E-state index in [-0.39, 0.29) is 17.9 Å². The number of amides is 2. The standard InChI is InChI=1S/C20H19BrN2O3/c1-2-8-16-17-18(26-23(16)13-9-4-3-5-10-13)20(25)22(19(17)24)15-12-7-6-11-14(15)21/h3-7,9-12,16-18H,2,8H2,1H3/t16-,17+,18+/m0/s1. The molecule has 2 heterocycles. The normalized spacial score (nSPS) is 25.1. The van der Waals surface area contributed by atoms with E-state index in [9.17, 15) is 9.59 Å². The molecule has 3 atom stereocenters. The van der Waals surface area contributed by atoms with E-state index in [1.54, 1.807) is 11.1 Å². The Morgan fingerprint density at radius 1 is 1.00 bits per heavy atom. The SMILES string of the molecule is CCC[C@H]1[C@H]2C(=O)N(c3ccccc3Br)C(=O)[C@@H]2ON1c1ccccc1. The fourth-order valence-corrected chi connectivity index (χ4v) is 4.24. The molecule has 0 radical (unpaired) electrons. The van der Waals surface area contributed by atoms with Gasteiger partial charge in [-0.3, -0.25) is 14.4 Å². The topological polar surface area (TPSA) is 49.9 Å². The minimum Gasteiger partial charge on any atom is -0.273 e. The number of hydrogen-bond acceptors (Lipinski definition) is 4. The lowest BCUT2D eigenvalue weighted by molar-refractivity contribution is -0.126. The molecule has 2 amide bonds. The molecule has 0 aromatic heterocycles. The summed E-state index contributed by atoms with van der Waals surface area (Å²) in [6.07, 6.45) is 0.905. The van der Waals surface area contributed by atoms with E-state index in [0.29, 0.717) is 10.2 Å². The maximum Gasteiger partial charge on any atom is 0.266 e. The van der Waals surface area contributed by atoms with Crippen LogP contribution < -0.4 is 9.96 Å². The smallest absolute Gasteiger partial charge is 0.266 e. The Balaban J connectivity index is 1.70. The second-order valence-electron chi connectivity index (χ2n) is 6.53. The number of benzene rings is 2. The van der Waals surface area contributed by atoms with Gasteiger partial charge in [0.05, 0.1) is 23.3 Å². The third-order valence-corrected chi connectivity index (χ3v) is 5.60. The van der Waals surface area contributed by atoms with E-state index in [1.807, 2.05) is 48.5 Å². The van der Waals surface area contributed by atoms with Gasteiger partial charge in [-0.25, -0.2) is 9.96 Å². The van der Waals surface area contributed by atoms with Crippen molar-refractivity contribution in [3.05, 3.63) is 59.1 Å². The minimum atomic E-state index is -0.772. The monoisotopic (exact) mass is 414 g/mol. The third-order valence-electron chi connectivity index (χ3n) is 4.93. The van der Waals surface area contributed by atoms with E-state index >= 15 is 0 Å². The second kappa shape index (κ2) is 6.85. The summed E-state index contributed by atoms with van der Waals surface area (Å²) in [5, 5.41) is 1.76. The highest BCUT2D eigenvalue weighted by atomic mass is 79.9. The van der Waals surface area contributed by atoms with E-state index < -0.39 is 12.0 Å². The minimum absolute atomic E-state index is 0.156. The maximum absolute atomic E-state index is 13.2. The summed E-state index contributed by atoms with van der Waals surface area (Å²) in [5.41, 5.74) is 1.44. The summed E-state index contributed by atoms with van der Waals surface area (Å²) in [4.78, 5) is 33.5. The summed E-state index contributed by atoms with van der Waals surface area (Å²) in [6.45, 7) is 2.07. The number of fused-ring (bicyclic) bond motifs is 1. The lowest BCUT2D eigenvalue weighted by Crippen LogP contribution is -2.40. The van der Waals surface area contributed by atoms with Crippen molar-refractivity contribution < 1.29 is 14.4 Å². The van der Waals surface area contributed by atoms with Gasteiger partial charge in [0.15, 0.2) is 6.10 Å². The van der Waals surface area contributed by atoms with Crippen LogP contribution in [0.1, 0.15) is 19.8 Å². The Kier molecular flexibility index (Phi) is 4.54. The van der Waals surface area contributed by atoms with Gasteiger partial charge >= 0.3 is 0 Å². The molecule has 0 aliphatic carbocycles. The van der Waals surface area contributed by atoms with Crippen molar-refractivity contribution in [1.29, 1.82) is 0 Å². The number of rotatable bonds is 4. The van der Waals surface area contributed by atoms with E-state index in [4.69, 9.17) is 4.84 Å². The van der Waals surface area contributed by atoms with Gasteiger partial charge < -0.3 is 0 Å². The van der Waals surface area contributed by atoms with Crippen LogP contribution in [0.3, 0.4) is 0 Å². The highest BCUT2D eigenvalue weighted by molar-refractivity contribution is 9.10. The Labute approximate surface area is 160 Å². The second-order valence-corrected chi connectivity index (χ2v) is 7.39. The number of carbonyl (C=O) groups is 2. The summed E-state index contributed by atoms with van der Waals surface area (Å²) in [7, 11) is 0. The van der Waals surface area contributed by atoms with Crippen LogP contribution in [-0.2, 0) is 14.4 Å². The van der Waals surface area contributed by atoms with Crippen LogP contribution in [0.2, 0.25) is 0 Å². The number of halogens is 1. The number of hydroxylamine groups is 1. The van der Waals surface area contributed by atoms with E-state index in [1.165, 1.54) is 4.90 Å². The first-order valence-corrected chi connectivity index (χ1v) is 9.56. The maximum atomic E-state index is 13.2. The van der Waals surface area contributed by atoms with E-state index in [2.05, 4.69) is 22.9 Å². The summed E-state index contributed by atoms with van der Waals surface area (Å²) in [6, 6.07) is 16.8. The van der Waals surface area contributed by atoms with Crippen molar-refractivity contribution in [3.8, 4) is 0 Å². The van der Waals surface area contributed by atoms with Gasteiger partial charge in [0, 0.05) is 4.47 Å². The summed E-state index contributed by atoms with van der Waals surface area (Å²) < 4.78 is 0.716. The van der Waals surface area contributed by atoms with Crippen molar-refractivity contribution in [2.45, 2.75) is 31.9 Å². The van der Waals surface area contributed by atoms with Crippen LogP contribution in [0.15, 0.2) is 59.1 Å². The van der Waals surface area contributed by atoms with Gasteiger partial charge in [-0.1, -0.05) is 43.7 Å². The van der Waals surface area contributed by atoms with Crippen molar-refractivity contribution in [2.24, 2.45) is 5.92 Å². The van der Waals surface area contributed by atoms with Crippen LogP contribution in [-0.4, -0.2) is 24.0 Å². The lowest BCUT2D eigenvalue weighted by atomic mass is 9.93. The van der Waals surface area contributed by atoms with Crippen molar-refractivity contribution in [1.82, 2.24) is 0 Å². The highest BCUT2D eigenvalue weighted by Crippen LogP contribution is 2.42. The third kappa shape index (κ3) is 2.64. The molecule has 2 aromatic rings. The average Bonchev–Trinajstić information content (AvgIpc) is 3.14. The van der Waals surface area contributed by atoms with Crippen LogP contribution >= 0.6 is 15.9 Å². The molecule has 0 saturated carbocycles. The molecule has 2 aliphatic rings. The Morgan fingerprint density at radius 3 is 2.38 bits per heavy atom. The zero-order valence-corrected chi connectivity index (χ0v) is 15.9. The van der Waals surface area contributed by atoms with Gasteiger partial charge in [0.1, 0.15) is 0 Å². The molecule has 2 aromatic carbocycles. The van der Waals surface area contributed by atoms with Crippen LogP contribution in [0, 0.1) is 5.92 Å². The lowest BCUT2D eigenvalue weighted by Gasteiger charge is -2.28. The molecule has 0 bridgehead atoms.